The molecule has 16 heavy (non-hydrogen) atoms. The number of ether oxygens (including phenoxy) is 2. The van der Waals surface area contributed by atoms with Crippen LogP contribution in [-0.2, 0) is 14.3 Å². The Balaban J connectivity index is -0.000000188. The van der Waals surface area contributed by atoms with Crippen molar-refractivity contribution in [2.24, 2.45) is 0 Å². The van der Waals surface area contributed by atoms with Gasteiger partial charge in [0.15, 0.2) is 6.29 Å². The molecule has 0 unspecified atom stereocenters. The molecule has 0 heterocycles. The highest BCUT2D eigenvalue weighted by molar-refractivity contribution is 5.49. The van der Waals surface area contributed by atoms with Gasteiger partial charge in [-0.05, 0) is 20.8 Å². The Hall–Kier alpha value is -1.18. The second-order valence-electron chi connectivity index (χ2n) is 2.34. The van der Waals surface area contributed by atoms with E-state index in [1.807, 2.05) is 26.8 Å². The van der Waals surface area contributed by atoms with Gasteiger partial charge in [0, 0.05) is 26.1 Å². The van der Waals surface area contributed by atoms with Gasteiger partial charge in [0.05, 0.1) is 6.07 Å². The number of nitriles is 1. The molecule has 94 valence electrons. The molecule has 0 fully saturated rings. The summed E-state index contributed by atoms with van der Waals surface area (Å²) in [5.74, 6) is 0. The summed E-state index contributed by atoms with van der Waals surface area (Å²) in [5, 5.41) is 7.79. The zero-order valence-electron chi connectivity index (χ0n) is 10.6. The van der Waals surface area contributed by atoms with E-state index in [0.29, 0.717) is 12.8 Å². The molecule has 4 heteroatoms. The Bertz CT molecular complexity index is 160. The van der Waals surface area contributed by atoms with Crippen molar-refractivity contribution in [3.63, 3.8) is 0 Å². The van der Waals surface area contributed by atoms with E-state index < -0.39 is 0 Å². The fourth-order valence-electron chi connectivity index (χ4n) is 0.641. The largest absolute Gasteiger partial charge is 0.353 e. The van der Waals surface area contributed by atoms with Crippen LogP contribution in [0.4, 0.5) is 0 Å². The number of carbonyl (C=O) groups excluding carboxylic acids is 1. The van der Waals surface area contributed by atoms with Crippen molar-refractivity contribution in [1.29, 1.82) is 5.26 Å². The van der Waals surface area contributed by atoms with E-state index in [2.05, 4.69) is 13.2 Å². The molecule has 0 radical (unpaired) electrons. The van der Waals surface area contributed by atoms with Crippen LogP contribution in [0.5, 0.6) is 0 Å². The van der Waals surface area contributed by atoms with Crippen LogP contribution in [0.3, 0.4) is 0 Å². The van der Waals surface area contributed by atoms with E-state index in [1.54, 1.807) is 0 Å². The third kappa shape index (κ3) is 29.3. The minimum Gasteiger partial charge on any atom is -0.353 e. The van der Waals surface area contributed by atoms with Crippen LogP contribution in [-0.4, -0.2) is 25.8 Å². The second-order valence-corrected chi connectivity index (χ2v) is 2.34. The first-order valence-corrected chi connectivity index (χ1v) is 5.26. The number of rotatable bonds is 6. The maximum atomic E-state index is 9.41. The fraction of sp³-hybridized carbons (Fsp3) is 0.667. The summed E-state index contributed by atoms with van der Waals surface area (Å²) in [7, 11) is 0. The molecule has 0 N–H and O–H groups in total. The van der Waals surface area contributed by atoms with E-state index in [9.17, 15) is 4.79 Å². The van der Waals surface area contributed by atoms with Gasteiger partial charge in [-0.15, -0.1) is 13.2 Å². The molecule has 0 aliphatic heterocycles. The zero-order chi connectivity index (χ0) is 13.2. The number of aldehydes is 1. The summed E-state index contributed by atoms with van der Waals surface area (Å²) in [4.78, 5) is 9.41. The number of hydrogen-bond acceptors (Lipinski definition) is 4. The topological polar surface area (TPSA) is 59.3 Å². The maximum Gasteiger partial charge on any atom is 0.154 e. The molecule has 0 aromatic rings. The summed E-state index contributed by atoms with van der Waals surface area (Å²) in [6.45, 7) is 13.3. The summed E-state index contributed by atoms with van der Waals surface area (Å²) < 4.78 is 10.1. The fourth-order valence-corrected chi connectivity index (χ4v) is 0.641. The summed E-state index contributed by atoms with van der Waals surface area (Å²) >= 11 is 0. The number of hydrogen-bond donors (Lipinski definition) is 0. The maximum absolute atomic E-state index is 9.41. The van der Waals surface area contributed by atoms with Crippen molar-refractivity contribution in [1.82, 2.24) is 0 Å². The number of unbranched alkanes of at least 4 members (excludes halogenated alkanes) is 1. The molecule has 0 saturated carbocycles. The first-order valence-electron chi connectivity index (χ1n) is 5.26. The van der Waals surface area contributed by atoms with Crippen LogP contribution in [0.15, 0.2) is 13.2 Å². The lowest BCUT2D eigenvalue weighted by atomic mass is 10.4. The Morgan fingerprint density at radius 3 is 1.94 bits per heavy atom. The van der Waals surface area contributed by atoms with Crippen LogP contribution in [0, 0.1) is 11.3 Å². The average molecular weight is 229 g/mol. The van der Waals surface area contributed by atoms with Gasteiger partial charge in [-0.2, -0.15) is 5.26 Å². The standard InChI is InChI=1S/C6H14O2.C4H5NO.C2H4/c1-4-7-6(3)8-5-2;5-3-1-2-4-6;1-2/h6H,4-5H2,1-3H3;4H,1-2H2;1-2H2. The van der Waals surface area contributed by atoms with E-state index in [4.69, 9.17) is 14.7 Å². The van der Waals surface area contributed by atoms with Crippen LogP contribution in [0.25, 0.3) is 0 Å². The molecule has 0 aromatic heterocycles. The summed E-state index contributed by atoms with van der Waals surface area (Å²) in [6, 6.07) is 1.84. The van der Waals surface area contributed by atoms with Gasteiger partial charge in [0.25, 0.3) is 0 Å². The van der Waals surface area contributed by atoms with E-state index >= 15 is 0 Å². The van der Waals surface area contributed by atoms with E-state index in [-0.39, 0.29) is 6.29 Å². The molecule has 4 nitrogen and oxygen atoms in total. The van der Waals surface area contributed by atoms with E-state index in [0.717, 1.165) is 19.5 Å². The highest BCUT2D eigenvalue weighted by Crippen LogP contribution is 1.90. The number of carbonyl (C=O) groups is 1. The van der Waals surface area contributed by atoms with E-state index in [1.165, 1.54) is 0 Å². The third-order valence-electron chi connectivity index (χ3n) is 1.18. The van der Waals surface area contributed by atoms with Gasteiger partial charge in [-0.3, -0.25) is 0 Å². The SMILES string of the molecule is C=C.CCOC(C)OCC.N#CCCC=O. The summed E-state index contributed by atoms with van der Waals surface area (Å²) in [5.41, 5.74) is 0. The van der Waals surface area contributed by atoms with Crippen LogP contribution in [0.2, 0.25) is 0 Å². The quantitative estimate of drug-likeness (QED) is 0.304. The van der Waals surface area contributed by atoms with Crippen molar-refractivity contribution in [3.8, 4) is 6.07 Å². The van der Waals surface area contributed by atoms with Gasteiger partial charge in [0.2, 0.25) is 0 Å². The van der Waals surface area contributed by atoms with Crippen LogP contribution in [0.1, 0.15) is 33.6 Å². The van der Waals surface area contributed by atoms with Crippen LogP contribution >= 0.6 is 0 Å². The van der Waals surface area contributed by atoms with Gasteiger partial charge in [-0.1, -0.05) is 0 Å². The Labute approximate surface area is 98.9 Å². The van der Waals surface area contributed by atoms with Crippen molar-refractivity contribution in [2.75, 3.05) is 13.2 Å². The van der Waals surface area contributed by atoms with Crippen molar-refractivity contribution < 1.29 is 14.3 Å². The highest BCUT2D eigenvalue weighted by Gasteiger charge is 1.94. The Morgan fingerprint density at radius 2 is 1.75 bits per heavy atom. The predicted octanol–water partition coefficient (Wildman–Crippen LogP) is 2.70. The monoisotopic (exact) mass is 229 g/mol. The molecule has 0 bridgehead atoms. The molecular weight excluding hydrogens is 206 g/mol. The van der Waals surface area contributed by atoms with Crippen LogP contribution < -0.4 is 0 Å². The third-order valence-corrected chi connectivity index (χ3v) is 1.18. The minimum absolute atomic E-state index is 0.0370. The molecule has 0 saturated heterocycles. The molecule has 0 aliphatic carbocycles. The molecule has 0 spiro atoms. The molecule has 0 atom stereocenters. The first kappa shape index (κ1) is 20.3. The minimum atomic E-state index is -0.0370. The van der Waals surface area contributed by atoms with Crippen molar-refractivity contribution in [2.45, 2.75) is 39.9 Å². The lowest BCUT2D eigenvalue weighted by molar-refractivity contribution is -0.123. The average Bonchev–Trinajstić information content (AvgIpc) is 2.30. The van der Waals surface area contributed by atoms with Gasteiger partial charge >= 0.3 is 0 Å². The van der Waals surface area contributed by atoms with Gasteiger partial charge < -0.3 is 14.3 Å². The second kappa shape index (κ2) is 23.6. The van der Waals surface area contributed by atoms with Crippen molar-refractivity contribution in [3.05, 3.63) is 13.2 Å². The highest BCUT2D eigenvalue weighted by atomic mass is 16.7. The van der Waals surface area contributed by atoms with Gasteiger partial charge in [-0.25, -0.2) is 0 Å². The molecule has 0 aromatic carbocycles. The predicted molar refractivity (Wildman–Crippen MR) is 64.9 cm³/mol. The zero-order valence-corrected chi connectivity index (χ0v) is 10.6. The Morgan fingerprint density at radius 1 is 1.31 bits per heavy atom. The number of nitrogens with zero attached hydrogens (tertiary/aromatic N) is 1. The lowest BCUT2D eigenvalue weighted by Gasteiger charge is -2.09. The smallest absolute Gasteiger partial charge is 0.154 e. The first-order chi connectivity index (χ1) is 7.72. The normalized spacial score (nSPS) is 7.94. The molecule has 0 aliphatic rings. The van der Waals surface area contributed by atoms with Crippen molar-refractivity contribution >= 4 is 6.29 Å². The summed E-state index contributed by atoms with van der Waals surface area (Å²) in [6.07, 6.45) is 1.42. The lowest BCUT2D eigenvalue weighted by Crippen LogP contribution is -2.11. The molecule has 0 amide bonds. The van der Waals surface area contributed by atoms with Gasteiger partial charge in [0.1, 0.15) is 6.29 Å². The molecule has 0 rings (SSSR count). The Kier molecular flexibility index (Phi) is 29.8. The molecular formula is C12H23NO3.